The molecule has 0 aliphatic heterocycles. The van der Waals surface area contributed by atoms with Gasteiger partial charge in [0.15, 0.2) is 0 Å². The number of ether oxygens (including phenoxy) is 1. The third-order valence-electron chi connectivity index (χ3n) is 2.51. The quantitative estimate of drug-likeness (QED) is 0.844. The van der Waals surface area contributed by atoms with Gasteiger partial charge in [0, 0.05) is 12.7 Å². The zero-order valence-corrected chi connectivity index (χ0v) is 9.91. The van der Waals surface area contributed by atoms with Gasteiger partial charge < -0.3 is 14.9 Å². The Hall–Kier alpha value is -1.91. The van der Waals surface area contributed by atoms with Crippen molar-refractivity contribution < 1.29 is 14.9 Å². The second-order valence-corrected chi connectivity index (χ2v) is 3.81. The fraction of sp³-hybridized carbons (Fsp3) is 0.214. The molecule has 0 spiro atoms. The highest BCUT2D eigenvalue weighted by Gasteiger charge is 2.05. The first kappa shape index (κ1) is 12.5. The van der Waals surface area contributed by atoms with Gasteiger partial charge in [-0.25, -0.2) is 4.98 Å². The average molecular weight is 245 g/mol. The molecule has 1 aromatic carbocycles. The van der Waals surface area contributed by atoms with Crippen LogP contribution in [0.25, 0.3) is 0 Å². The second kappa shape index (κ2) is 6.14. The molecule has 18 heavy (non-hydrogen) atoms. The summed E-state index contributed by atoms with van der Waals surface area (Å²) in [7, 11) is 0. The molecular formula is C14H15NO3. The molecule has 0 radical (unpaired) electrons. The van der Waals surface area contributed by atoms with Gasteiger partial charge in [0.1, 0.15) is 5.75 Å². The van der Waals surface area contributed by atoms with Gasteiger partial charge in [-0.05, 0) is 24.1 Å². The van der Waals surface area contributed by atoms with E-state index >= 15 is 0 Å². The van der Waals surface area contributed by atoms with Crippen molar-refractivity contribution in [3.63, 3.8) is 0 Å². The van der Waals surface area contributed by atoms with Crippen LogP contribution < -0.4 is 4.74 Å². The first-order valence-electron chi connectivity index (χ1n) is 5.77. The van der Waals surface area contributed by atoms with Crippen LogP contribution >= 0.6 is 0 Å². The second-order valence-electron chi connectivity index (χ2n) is 3.81. The third kappa shape index (κ3) is 3.06. The fourth-order valence-electron chi connectivity index (χ4n) is 1.65. The molecule has 0 aliphatic carbocycles. The average Bonchev–Trinajstić information content (AvgIpc) is 2.41. The van der Waals surface area contributed by atoms with Crippen molar-refractivity contribution in [3.05, 3.63) is 53.7 Å². The van der Waals surface area contributed by atoms with Gasteiger partial charge in [0.25, 0.3) is 0 Å². The summed E-state index contributed by atoms with van der Waals surface area (Å²) in [5.74, 6) is 1.11. The Morgan fingerprint density at radius 3 is 2.61 bits per heavy atom. The van der Waals surface area contributed by atoms with Crippen molar-refractivity contribution in [1.29, 1.82) is 0 Å². The van der Waals surface area contributed by atoms with Crippen LogP contribution in [-0.4, -0.2) is 21.8 Å². The van der Waals surface area contributed by atoms with Crippen LogP contribution in [0.1, 0.15) is 11.3 Å². The minimum Gasteiger partial charge on any atom is -0.439 e. The van der Waals surface area contributed by atoms with E-state index in [0.29, 0.717) is 23.7 Å². The van der Waals surface area contributed by atoms with Crippen molar-refractivity contribution in [1.82, 2.24) is 4.98 Å². The summed E-state index contributed by atoms with van der Waals surface area (Å²) in [5, 5.41) is 18.0. The molecule has 0 bridgehead atoms. The maximum Gasteiger partial charge on any atom is 0.219 e. The summed E-state index contributed by atoms with van der Waals surface area (Å²) in [6, 6.07) is 12.7. The van der Waals surface area contributed by atoms with Crippen LogP contribution in [0.15, 0.2) is 42.5 Å². The first-order chi connectivity index (χ1) is 8.83. The van der Waals surface area contributed by atoms with Crippen molar-refractivity contribution in [2.75, 3.05) is 6.61 Å². The van der Waals surface area contributed by atoms with E-state index < -0.39 is 0 Å². The minimum absolute atomic E-state index is 0.0739. The maximum atomic E-state index is 9.02. The molecule has 2 rings (SSSR count). The molecule has 2 N–H and O–H groups in total. The SMILES string of the molecule is OCCc1ccccc1Oc1cccc(CO)n1. The van der Waals surface area contributed by atoms with Gasteiger partial charge in [-0.1, -0.05) is 24.3 Å². The highest BCUT2D eigenvalue weighted by molar-refractivity contribution is 5.36. The van der Waals surface area contributed by atoms with Crippen LogP contribution in [0.5, 0.6) is 11.6 Å². The van der Waals surface area contributed by atoms with E-state index in [2.05, 4.69) is 4.98 Å². The van der Waals surface area contributed by atoms with Gasteiger partial charge in [0.05, 0.1) is 12.3 Å². The summed E-state index contributed by atoms with van der Waals surface area (Å²) in [5.41, 5.74) is 1.49. The molecular weight excluding hydrogens is 230 g/mol. The zero-order valence-electron chi connectivity index (χ0n) is 9.91. The lowest BCUT2D eigenvalue weighted by Gasteiger charge is -2.10. The third-order valence-corrected chi connectivity index (χ3v) is 2.51. The number of hydrogen-bond donors (Lipinski definition) is 2. The number of nitrogens with zero attached hydrogens (tertiary/aromatic N) is 1. The molecule has 1 aromatic heterocycles. The molecule has 4 nitrogen and oxygen atoms in total. The maximum absolute atomic E-state index is 9.02. The molecule has 0 saturated heterocycles. The highest BCUT2D eigenvalue weighted by Crippen LogP contribution is 2.24. The molecule has 0 amide bonds. The van der Waals surface area contributed by atoms with Gasteiger partial charge >= 0.3 is 0 Å². The van der Waals surface area contributed by atoms with Gasteiger partial charge in [-0.15, -0.1) is 0 Å². The van der Waals surface area contributed by atoms with E-state index in [9.17, 15) is 0 Å². The van der Waals surface area contributed by atoms with E-state index in [1.54, 1.807) is 18.2 Å². The molecule has 0 unspecified atom stereocenters. The topological polar surface area (TPSA) is 62.6 Å². The van der Waals surface area contributed by atoms with Gasteiger partial charge in [-0.2, -0.15) is 0 Å². The molecule has 2 aromatic rings. The molecule has 94 valence electrons. The number of para-hydroxylation sites is 1. The van der Waals surface area contributed by atoms with E-state index in [1.807, 2.05) is 24.3 Å². The number of pyridine rings is 1. The smallest absolute Gasteiger partial charge is 0.219 e. The van der Waals surface area contributed by atoms with E-state index in [1.165, 1.54) is 0 Å². The Morgan fingerprint density at radius 2 is 1.83 bits per heavy atom. The van der Waals surface area contributed by atoms with Crippen LogP contribution in [0.3, 0.4) is 0 Å². The summed E-state index contributed by atoms with van der Waals surface area (Å²) in [4.78, 5) is 4.15. The Morgan fingerprint density at radius 1 is 1.00 bits per heavy atom. The summed E-state index contributed by atoms with van der Waals surface area (Å²) < 4.78 is 5.67. The lowest BCUT2D eigenvalue weighted by Crippen LogP contribution is -1.97. The summed E-state index contributed by atoms with van der Waals surface area (Å²) in [6.45, 7) is -0.0417. The van der Waals surface area contributed by atoms with E-state index in [-0.39, 0.29) is 13.2 Å². The first-order valence-corrected chi connectivity index (χ1v) is 5.77. The Labute approximate surface area is 106 Å². The van der Waals surface area contributed by atoms with Crippen molar-refractivity contribution in [2.24, 2.45) is 0 Å². The Bertz CT molecular complexity index is 514. The molecule has 0 fully saturated rings. The predicted octanol–water partition coefficient (Wildman–Crippen LogP) is 1.90. The predicted molar refractivity (Wildman–Crippen MR) is 67.5 cm³/mol. The van der Waals surface area contributed by atoms with Crippen molar-refractivity contribution in [3.8, 4) is 11.6 Å². The molecule has 1 heterocycles. The fourth-order valence-corrected chi connectivity index (χ4v) is 1.65. The van der Waals surface area contributed by atoms with Gasteiger partial charge in [0.2, 0.25) is 5.88 Å². The van der Waals surface area contributed by atoms with Crippen LogP contribution in [0.4, 0.5) is 0 Å². The highest BCUT2D eigenvalue weighted by atomic mass is 16.5. The van der Waals surface area contributed by atoms with Crippen molar-refractivity contribution in [2.45, 2.75) is 13.0 Å². The Balaban J connectivity index is 2.22. The largest absolute Gasteiger partial charge is 0.439 e. The number of hydrogen-bond acceptors (Lipinski definition) is 4. The van der Waals surface area contributed by atoms with Crippen LogP contribution in [0, 0.1) is 0 Å². The standard InChI is InChI=1S/C14H15NO3/c16-9-8-11-4-1-2-6-13(11)18-14-7-3-5-12(10-17)15-14/h1-7,16-17H,8-10H2. The van der Waals surface area contributed by atoms with E-state index in [4.69, 9.17) is 14.9 Å². The lowest BCUT2D eigenvalue weighted by molar-refractivity contribution is 0.275. The van der Waals surface area contributed by atoms with Crippen molar-refractivity contribution >= 4 is 0 Å². The van der Waals surface area contributed by atoms with E-state index in [0.717, 1.165) is 5.56 Å². The summed E-state index contributed by atoms with van der Waals surface area (Å²) in [6.07, 6.45) is 0.538. The lowest BCUT2D eigenvalue weighted by atomic mass is 10.1. The number of rotatable bonds is 5. The normalized spacial score (nSPS) is 10.3. The molecule has 0 saturated carbocycles. The summed E-state index contributed by atoms with van der Waals surface area (Å²) >= 11 is 0. The monoisotopic (exact) mass is 245 g/mol. The minimum atomic E-state index is -0.116. The molecule has 0 aliphatic rings. The molecule has 4 heteroatoms. The number of aromatic nitrogens is 1. The number of aliphatic hydroxyl groups excluding tert-OH is 2. The van der Waals surface area contributed by atoms with Crippen LogP contribution in [0.2, 0.25) is 0 Å². The Kier molecular flexibility index (Phi) is 4.28. The number of aliphatic hydroxyl groups is 2. The number of benzene rings is 1. The van der Waals surface area contributed by atoms with Gasteiger partial charge in [-0.3, -0.25) is 0 Å². The zero-order chi connectivity index (χ0) is 12.8. The molecule has 0 atom stereocenters. The van der Waals surface area contributed by atoms with Crippen LogP contribution in [-0.2, 0) is 13.0 Å².